The van der Waals surface area contributed by atoms with Crippen LogP contribution in [0.25, 0.3) is 0 Å². The number of nitro groups is 1. The molecular weight excluding hydrogens is 256 g/mol. The summed E-state index contributed by atoms with van der Waals surface area (Å²) >= 11 is 0. The molecule has 5 nitrogen and oxygen atoms in total. The number of nitro benzene ring substituents is 1. The maximum absolute atomic E-state index is 13.5. The van der Waals surface area contributed by atoms with Crippen molar-refractivity contribution in [3.63, 3.8) is 0 Å². The molecule has 0 unspecified atom stereocenters. The van der Waals surface area contributed by atoms with Gasteiger partial charge in [-0.15, -0.1) is 0 Å². The number of anilines is 3. The van der Waals surface area contributed by atoms with Gasteiger partial charge in [-0.1, -0.05) is 6.07 Å². The van der Waals surface area contributed by atoms with E-state index >= 15 is 0 Å². The Labute approximate surface area is 106 Å². The lowest BCUT2D eigenvalue weighted by atomic mass is 10.2. The fraction of sp³-hybridized carbons (Fsp3) is 0. The summed E-state index contributed by atoms with van der Waals surface area (Å²) < 4.78 is 26.2. The summed E-state index contributed by atoms with van der Waals surface area (Å²) in [5.74, 6) is -1.58. The molecule has 19 heavy (non-hydrogen) atoms. The summed E-state index contributed by atoms with van der Waals surface area (Å²) in [5, 5.41) is 13.4. The lowest BCUT2D eigenvalue weighted by Crippen LogP contribution is -2.02. The summed E-state index contributed by atoms with van der Waals surface area (Å²) in [6.45, 7) is 0. The zero-order valence-electron chi connectivity index (χ0n) is 9.56. The molecule has 0 saturated heterocycles. The highest BCUT2D eigenvalue weighted by molar-refractivity contribution is 5.78. The smallest absolute Gasteiger partial charge is 0.315 e. The quantitative estimate of drug-likeness (QED) is 0.507. The molecule has 0 aliphatic rings. The molecule has 7 heteroatoms. The Hall–Kier alpha value is -2.70. The van der Waals surface area contributed by atoms with Crippen molar-refractivity contribution < 1.29 is 13.7 Å². The number of hydrogen-bond acceptors (Lipinski definition) is 4. The lowest BCUT2D eigenvalue weighted by molar-refractivity contribution is -0.383. The van der Waals surface area contributed by atoms with E-state index in [1.165, 1.54) is 18.2 Å². The summed E-state index contributed by atoms with van der Waals surface area (Å²) in [6, 6.07) is 7.12. The van der Waals surface area contributed by atoms with E-state index in [-0.39, 0.29) is 22.7 Å². The predicted octanol–water partition coefficient (Wildman–Crippen LogP) is 3.20. The molecule has 2 aromatic carbocycles. The fourth-order valence-electron chi connectivity index (χ4n) is 1.60. The van der Waals surface area contributed by atoms with Crippen molar-refractivity contribution in [2.45, 2.75) is 0 Å². The Kier molecular flexibility index (Phi) is 3.28. The molecule has 98 valence electrons. The lowest BCUT2D eigenvalue weighted by Gasteiger charge is -2.09. The zero-order valence-corrected chi connectivity index (χ0v) is 9.56. The molecule has 0 radical (unpaired) electrons. The van der Waals surface area contributed by atoms with Gasteiger partial charge in [0, 0.05) is 6.07 Å². The summed E-state index contributed by atoms with van der Waals surface area (Å²) in [5.41, 5.74) is 5.07. The molecule has 0 aliphatic heterocycles. The van der Waals surface area contributed by atoms with Gasteiger partial charge in [0.05, 0.1) is 10.6 Å². The van der Waals surface area contributed by atoms with E-state index in [0.29, 0.717) is 6.07 Å². The van der Waals surface area contributed by atoms with Gasteiger partial charge in [0.1, 0.15) is 23.0 Å². The fourth-order valence-corrected chi connectivity index (χ4v) is 1.60. The topological polar surface area (TPSA) is 81.2 Å². The number of halogens is 2. The second-order valence-corrected chi connectivity index (χ2v) is 3.75. The minimum atomic E-state index is -0.850. The number of nitrogens with zero attached hydrogens (tertiary/aromatic N) is 1. The van der Waals surface area contributed by atoms with Crippen molar-refractivity contribution >= 4 is 22.7 Å². The van der Waals surface area contributed by atoms with Crippen LogP contribution < -0.4 is 11.1 Å². The molecule has 0 spiro atoms. The Bertz CT molecular complexity index is 647. The van der Waals surface area contributed by atoms with E-state index < -0.39 is 16.6 Å². The second kappa shape index (κ2) is 4.89. The third-order valence-electron chi connectivity index (χ3n) is 2.45. The first-order valence-electron chi connectivity index (χ1n) is 5.24. The van der Waals surface area contributed by atoms with Crippen molar-refractivity contribution in [3.8, 4) is 0 Å². The molecule has 0 atom stereocenters. The van der Waals surface area contributed by atoms with Gasteiger partial charge in [0.2, 0.25) is 0 Å². The third-order valence-corrected chi connectivity index (χ3v) is 2.45. The van der Waals surface area contributed by atoms with Crippen molar-refractivity contribution in [1.82, 2.24) is 0 Å². The van der Waals surface area contributed by atoms with Crippen LogP contribution in [0.4, 0.5) is 31.5 Å². The van der Waals surface area contributed by atoms with Crippen LogP contribution in [0.15, 0.2) is 36.4 Å². The van der Waals surface area contributed by atoms with Crippen LogP contribution in [0, 0.1) is 21.7 Å². The molecule has 0 bridgehead atoms. The van der Waals surface area contributed by atoms with Crippen molar-refractivity contribution in [3.05, 3.63) is 58.1 Å². The van der Waals surface area contributed by atoms with E-state index in [4.69, 9.17) is 5.73 Å². The average Bonchev–Trinajstić information content (AvgIpc) is 2.32. The Morgan fingerprint density at radius 2 is 1.89 bits per heavy atom. The van der Waals surface area contributed by atoms with Gasteiger partial charge in [0.15, 0.2) is 0 Å². The highest BCUT2D eigenvalue weighted by Crippen LogP contribution is 2.33. The van der Waals surface area contributed by atoms with Gasteiger partial charge >= 0.3 is 5.69 Å². The zero-order chi connectivity index (χ0) is 14.0. The van der Waals surface area contributed by atoms with Crippen molar-refractivity contribution in [2.75, 3.05) is 11.1 Å². The SMILES string of the molecule is Nc1cccc(Nc2ccc(F)cc2F)c1[N+](=O)[O-]. The molecule has 2 rings (SSSR count). The van der Waals surface area contributed by atoms with Gasteiger partial charge in [-0.05, 0) is 24.3 Å². The maximum atomic E-state index is 13.5. The van der Waals surface area contributed by atoms with Crippen LogP contribution in [-0.2, 0) is 0 Å². The monoisotopic (exact) mass is 265 g/mol. The minimum absolute atomic E-state index is 0.0375. The first-order chi connectivity index (χ1) is 8.99. The molecule has 0 fully saturated rings. The number of para-hydroxylation sites is 1. The van der Waals surface area contributed by atoms with Gasteiger partial charge in [-0.3, -0.25) is 10.1 Å². The van der Waals surface area contributed by atoms with Crippen LogP contribution in [-0.4, -0.2) is 4.92 Å². The minimum Gasteiger partial charge on any atom is -0.393 e. The molecule has 0 aromatic heterocycles. The predicted molar refractivity (Wildman–Crippen MR) is 67.1 cm³/mol. The molecule has 2 aromatic rings. The summed E-state index contributed by atoms with van der Waals surface area (Å²) in [6.07, 6.45) is 0. The molecule has 3 N–H and O–H groups in total. The largest absolute Gasteiger partial charge is 0.393 e. The van der Waals surface area contributed by atoms with E-state index in [2.05, 4.69) is 5.32 Å². The van der Waals surface area contributed by atoms with Crippen LogP contribution in [0.3, 0.4) is 0 Å². The molecule has 0 saturated carbocycles. The third kappa shape index (κ3) is 2.59. The number of nitrogens with one attached hydrogen (secondary N) is 1. The van der Waals surface area contributed by atoms with Crippen LogP contribution in [0.5, 0.6) is 0 Å². The average molecular weight is 265 g/mol. The number of nitrogen functional groups attached to an aromatic ring is 1. The van der Waals surface area contributed by atoms with Crippen LogP contribution in [0.2, 0.25) is 0 Å². The van der Waals surface area contributed by atoms with E-state index in [9.17, 15) is 18.9 Å². The van der Waals surface area contributed by atoms with Gasteiger partial charge in [-0.25, -0.2) is 8.78 Å². The van der Waals surface area contributed by atoms with Crippen LogP contribution >= 0.6 is 0 Å². The highest BCUT2D eigenvalue weighted by atomic mass is 19.1. The van der Waals surface area contributed by atoms with Crippen LogP contribution in [0.1, 0.15) is 0 Å². The normalized spacial score (nSPS) is 10.2. The first kappa shape index (κ1) is 12.7. The Morgan fingerprint density at radius 3 is 2.53 bits per heavy atom. The van der Waals surface area contributed by atoms with E-state index in [0.717, 1.165) is 12.1 Å². The number of benzene rings is 2. The van der Waals surface area contributed by atoms with Gasteiger partial charge in [-0.2, -0.15) is 0 Å². The number of rotatable bonds is 3. The molecule has 0 heterocycles. The Morgan fingerprint density at radius 1 is 1.16 bits per heavy atom. The number of hydrogen-bond donors (Lipinski definition) is 2. The van der Waals surface area contributed by atoms with E-state index in [1.54, 1.807) is 0 Å². The summed E-state index contributed by atoms with van der Waals surface area (Å²) in [7, 11) is 0. The van der Waals surface area contributed by atoms with Gasteiger partial charge < -0.3 is 11.1 Å². The first-order valence-corrected chi connectivity index (χ1v) is 5.24. The van der Waals surface area contributed by atoms with E-state index in [1.807, 2.05) is 0 Å². The number of nitrogens with two attached hydrogens (primary N) is 1. The second-order valence-electron chi connectivity index (χ2n) is 3.75. The Balaban J connectivity index is 2.44. The molecule has 0 aliphatic carbocycles. The van der Waals surface area contributed by atoms with Crippen molar-refractivity contribution in [2.24, 2.45) is 0 Å². The summed E-state index contributed by atoms with van der Waals surface area (Å²) in [4.78, 5) is 10.2. The maximum Gasteiger partial charge on any atom is 0.315 e. The van der Waals surface area contributed by atoms with Gasteiger partial charge in [0.25, 0.3) is 0 Å². The molecule has 0 amide bonds. The highest BCUT2D eigenvalue weighted by Gasteiger charge is 2.18. The molecular formula is C12H9F2N3O2. The van der Waals surface area contributed by atoms with Crippen molar-refractivity contribution in [1.29, 1.82) is 0 Å². The standard InChI is InChI=1S/C12H9F2N3O2/c13-7-4-5-10(8(14)6-7)16-11-3-1-2-9(15)12(11)17(18)19/h1-6,16H,15H2.